The highest BCUT2D eigenvalue weighted by Gasteiger charge is 2.14. The molecule has 0 aromatic heterocycles. The third kappa shape index (κ3) is 7.49. The molecule has 0 heterocycles. The van der Waals surface area contributed by atoms with E-state index < -0.39 is 0 Å². The van der Waals surface area contributed by atoms with Crippen LogP contribution in [-0.2, 0) is 12.8 Å². The second-order valence-corrected chi connectivity index (χ2v) is 11.9. The predicted molar refractivity (Wildman–Crippen MR) is 199 cm³/mol. The third-order valence-electron chi connectivity index (χ3n) is 8.52. The number of hydrogen-bond donors (Lipinski definition) is 0. The normalized spacial score (nSPS) is 10.7. The fourth-order valence-corrected chi connectivity index (χ4v) is 6.09. The van der Waals surface area contributed by atoms with Crippen molar-refractivity contribution in [3.8, 4) is 0 Å². The van der Waals surface area contributed by atoms with Crippen LogP contribution in [0.3, 0.4) is 0 Å². The van der Waals surface area contributed by atoms with Gasteiger partial charge in [-0.05, 0) is 99.8 Å². The molecule has 0 N–H and O–H groups in total. The van der Waals surface area contributed by atoms with Gasteiger partial charge < -0.3 is 4.90 Å². The molecule has 0 saturated heterocycles. The van der Waals surface area contributed by atoms with Gasteiger partial charge in [0.05, 0.1) is 0 Å². The van der Waals surface area contributed by atoms with Crippen LogP contribution in [0.15, 0.2) is 194 Å². The lowest BCUT2D eigenvalue weighted by atomic mass is 9.95. The summed E-state index contributed by atoms with van der Waals surface area (Å²) in [6.45, 7) is 0. The van der Waals surface area contributed by atoms with Gasteiger partial charge in [-0.15, -0.1) is 0 Å². The first-order valence-corrected chi connectivity index (χ1v) is 16.3. The van der Waals surface area contributed by atoms with Crippen molar-refractivity contribution in [1.29, 1.82) is 0 Å². The Labute approximate surface area is 278 Å². The van der Waals surface area contributed by atoms with Crippen LogP contribution >= 0.6 is 0 Å². The van der Waals surface area contributed by atoms with E-state index in [1.165, 1.54) is 39.0 Å². The van der Waals surface area contributed by atoms with Crippen LogP contribution in [0.25, 0.3) is 11.6 Å². The summed E-state index contributed by atoms with van der Waals surface area (Å²) in [7, 11) is 0. The molecule has 0 atom stereocenters. The van der Waals surface area contributed by atoms with E-state index in [2.05, 4.69) is 205 Å². The van der Waals surface area contributed by atoms with Crippen LogP contribution < -0.4 is 4.90 Å². The van der Waals surface area contributed by atoms with Gasteiger partial charge >= 0.3 is 0 Å². The molecule has 1 heteroatoms. The lowest BCUT2D eigenvalue weighted by molar-refractivity contribution is 1.17. The molecule has 0 amide bonds. The molecule has 1 nitrogen and oxygen atoms in total. The van der Waals surface area contributed by atoms with Crippen molar-refractivity contribution in [1.82, 2.24) is 0 Å². The zero-order valence-corrected chi connectivity index (χ0v) is 26.4. The van der Waals surface area contributed by atoms with Crippen molar-refractivity contribution in [2.45, 2.75) is 12.8 Å². The molecule has 0 radical (unpaired) electrons. The van der Waals surface area contributed by atoms with Crippen molar-refractivity contribution in [3.05, 3.63) is 233 Å². The Morgan fingerprint density at radius 2 is 0.660 bits per heavy atom. The Morgan fingerprint density at radius 1 is 0.340 bits per heavy atom. The largest absolute Gasteiger partial charge is 0.311 e. The van der Waals surface area contributed by atoms with Gasteiger partial charge in [0.1, 0.15) is 0 Å². The average Bonchev–Trinajstić information content (AvgIpc) is 3.14. The zero-order chi connectivity index (χ0) is 31.7. The average molecular weight is 604 g/mol. The van der Waals surface area contributed by atoms with E-state index in [4.69, 9.17) is 0 Å². The monoisotopic (exact) mass is 603 g/mol. The van der Waals surface area contributed by atoms with E-state index in [1.807, 2.05) is 0 Å². The van der Waals surface area contributed by atoms with Crippen LogP contribution in [0, 0.1) is 0 Å². The fourth-order valence-electron chi connectivity index (χ4n) is 6.09. The second kappa shape index (κ2) is 14.5. The quantitative estimate of drug-likeness (QED) is 0.141. The van der Waals surface area contributed by atoms with Gasteiger partial charge in [-0.2, -0.15) is 0 Å². The highest BCUT2D eigenvalue weighted by molar-refractivity contribution is 5.91. The Bertz CT molecular complexity index is 1890. The van der Waals surface area contributed by atoms with Crippen LogP contribution in [0.4, 0.5) is 17.1 Å². The molecule has 0 bridgehead atoms. The zero-order valence-electron chi connectivity index (χ0n) is 26.4. The summed E-state index contributed by atoms with van der Waals surface area (Å²) in [5.41, 5.74) is 13.4. The molecule has 0 aliphatic rings. The van der Waals surface area contributed by atoms with E-state index in [9.17, 15) is 0 Å². The SMILES string of the molecule is C(=C(c1ccccc1)c1ccccc1)c1ccc(N(c2ccc(Cc3ccccc3)cc2)c2ccc(Cc3ccccc3)cc2)cc1. The summed E-state index contributed by atoms with van der Waals surface area (Å²) >= 11 is 0. The molecule has 0 aliphatic carbocycles. The molecule has 7 aromatic carbocycles. The third-order valence-corrected chi connectivity index (χ3v) is 8.52. The van der Waals surface area contributed by atoms with E-state index >= 15 is 0 Å². The highest BCUT2D eigenvalue weighted by atomic mass is 15.1. The minimum Gasteiger partial charge on any atom is -0.311 e. The van der Waals surface area contributed by atoms with Gasteiger partial charge in [0.15, 0.2) is 0 Å². The topological polar surface area (TPSA) is 3.24 Å². The van der Waals surface area contributed by atoms with Crippen molar-refractivity contribution in [3.63, 3.8) is 0 Å². The molecule has 0 saturated carbocycles. The van der Waals surface area contributed by atoms with Crippen molar-refractivity contribution in [2.75, 3.05) is 4.90 Å². The first-order chi connectivity index (χ1) is 23.3. The van der Waals surface area contributed by atoms with Crippen LogP contribution in [0.5, 0.6) is 0 Å². The summed E-state index contributed by atoms with van der Waals surface area (Å²) in [5, 5.41) is 0. The van der Waals surface area contributed by atoms with Gasteiger partial charge in [0.25, 0.3) is 0 Å². The van der Waals surface area contributed by atoms with Crippen molar-refractivity contribution in [2.24, 2.45) is 0 Å². The maximum absolute atomic E-state index is 2.35. The second-order valence-electron chi connectivity index (χ2n) is 11.9. The van der Waals surface area contributed by atoms with Gasteiger partial charge in [0, 0.05) is 17.1 Å². The Balaban J connectivity index is 1.22. The first-order valence-electron chi connectivity index (χ1n) is 16.3. The summed E-state index contributed by atoms with van der Waals surface area (Å²) in [5.74, 6) is 0. The fraction of sp³-hybridized carbons (Fsp3) is 0.0435. The standard InChI is InChI=1S/C46H37N/c1-5-13-36(14-6-1)33-38-21-27-43(28-22-38)47(44-29-23-39(24-30-44)34-37-15-7-2-8-16-37)45-31-25-40(26-32-45)35-46(41-17-9-3-10-18-41)42-19-11-4-12-20-42/h1-32,35H,33-34H2. The van der Waals surface area contributed by atoms with Gasteiger partial charge in [-0.1, -0.05) is 158 Å². The number of rotatable bonds is 10. The number of hydrogen-bond acceptors (Lipinski definition) is 1. The molecule has 0 fully saturated rings. The minimum absolute atomic E-state index is 0.918. The Hall–Kier alpha value is -5.92. The van der Waals surface area contributed by atoms with Crippen LogP contribution in [-0.4, -0.2) is 0 Å². The maximum atomic E-state index is 2.35. The Kier molecular flexibility index (Phi) is 9.15. The molecule has 0 spiro atoms. The number of benzene rings is 7. The first kappa shape index (κ1) is 29.8. The number of nitrogens with zero attached hydrogens (tertiary/aromatic N) is 1. The van der Waals surface area contributed by atoms with Gasteiger partial charge in [-0.25, -0.2) is 0 Å². The van der Waals surface area contributed by atoms with E-state index in [0.29, 0.717) is 0 Å². The summed E-state index contributed by atoms with van der Waals surface area (Å²) in [4.78, 5) is 2.35. The minimum atomic E-state index is 0.918. The Morgan fingerprint density at radius 3 is 1.04 bits per heavy atom. The maximum Gasteiger partial charge on any atom is 0.0462 e. The predicted octanol–water partition coefficient (Wildman–Crippen LogP) is 11.9. The molecule has 47 heavy (non-hydrogen) atoms. The molecule has 226 valence electrons. The summed E-state index contributed by atoms with van der Waals surface area (Å²) in [6.07, 6.45) is 4.12. The smallest absolute Gasteiger partial charge is 0.0462 e. The molecule has 7 rings (SSSR count). The number of anilines is 3. The van der Waals surface area contributed by atoms with E-state index in [0.717, 1.165) is 35.5 Å². The highest BCUT2D eigenvalue weighted by Crippen LogP contribution is 2.36. The van der Waals surface area contributed by atoms with Gasteiger partial charge in [0.2, 0.25) is 0 Å². The van der Waals surface area contributed by atoms with Crippen molar-refractivity contribution < 1.29 is 0 Å². The lowest BCUT2D eigenvalue weighted by Gasteiger charge is -2.26. The molecular formula is C46H37N. The summed E-state index contributed by atoms with van der Waals surface area (Å²) < 4.78 is 0. The van der Waals surface area contributed by atoms with Crippen LogP contribution in [0.1, 0.15) is 38.9 Å². The van der Waals surface area contributed by atoms with Crippen molar-refractivity contribution >= 4 is 28.7 Å². The lowest BCUT2D eigenvalue weighted by Crippen LogP contribution is -2.10. The molecule has 0 unspecified atom stereocenters. The molecule has 0 aliphatic heterocycles. The van der Waals surface area contributed by atoms with Gasteiger partial charge in [-0.3, -0.25) is 0 Å². The van der Waals surface area contributed by atoms with Crippen LogP contribution in [0.2, 0.25) is 0 Å². The summed E-state index contributed by atoms with van der Waals surface area (Å²) in [6, 6.07) is 69.5. The molecule has 7 aromatic rings. The molecular weight excluding hydrogens is 567 g/mol. The van der Waals surface area contributed by atoms with E-state index in [-0.39, 0.29) is 0 Å². The van der Waals surface area contributed by atoms with E-state index in [1.54, 1.807) is 0 Å².